The van der Waals surface area contributed by atoms with E-state index in [-0.39, 0.29) is 5.91 Å². The van der Waals surface area contributed by atoms with E-state index in [1.807, 2.05) is 29.2 Å². The van der Waals surface area contributed by atoms with Gasteiger partial charge in [-0.25, -0.2) is 4.98 Å². The van der Waals surface area contributed by atoms with E-state index in [2.05, 4.69) is 20.9 Å². The van der Waals surface area contributed by atoms with Gasteiger partial charge in [0.05, 0.1) is 5.56 Å². The summed E-state index contributed by atoms with van der Waals surface area (Å²) in [6.07, 6.45) is 4.97. The zero-order chi connectivity index (χ0) is 15.4. The summed E-state index contributed by atoms with van der Waals surface area (Å²) < 4.78 is 6.62. The Kier molecular flexibility index (Phi) is 4.73. The molecule has 1 amide bonds. The smallest absolute Gasteiger partial charge is 0.255 e. The van der Waals surface area contributed by atoms with Gasteiger partial charge in [-0.05, 0) is 43.5 Å². The third-order valence-electron chi connectivity index (χ3n) is 3.65. The molecular weight excluding hydrogens is 344 g/mol. The predicted octanol–water partition coefficient (Wildman–Crippen LogP) is 4.26. The van der Waals surface area contributed by atoms with Crippen LogP contribution in [-0.2, 0) is 0 Å². The van der Waals surface area contributed by atoms with Crippen LogP contribution in [0, 0.1) is 0 Å². The molecule has 1 aliphatic heterocycles. The van der Waals surface area contributed by atoms with E-state index in [1.54, 1.807) is 18.3 Å². The number of nitrogens with zero attached hydrogens (tertiary/aromatic N) is 2. The van der Waals surface area contributed by atoms with E-state index >= 15 is 0 Å². The summed E-state index contributed by atoms with van der Waals surface area (Å²) in [5.74, 6) is 1.24. The maximum atomic E-state index is 12.4. The number of halogens is 1. The summed E-state index contributed by atoms with van der Waals surface area (Å²) in [5.41, 5.74) is 0.614. The molecule has 0 radical (unpaired) electrons. The van der Waals surface area contributed by atoms with Gasteiger partial charge in [-0.2, -0.15) is 0 Å². The lowest BCUT2D eigenvalue weighted by atomic mass is 10.1. The molecule has 4 nitrogen and oxygen atoms in total. The first-order valence-electron chi connectivity index (χ1n) is 7.41. The molecule has 1 fully saturated rings. The van der Waals surface area contributed by atoms with Crippen molar-refractivity contribution < 1.29 is 9.53 Å². The molecule has 1 aromatic heterocycles. The summed E-state index contributed by atoms with van der Waals surface area (Å²) >= 11 is 3.40. The average molecular weight is 361 g/mol. The normalized spacial score (nSPS) is 14.7. The van der Waals surface area contributed by atoms with E-state index in [4.69, 9.17) is 4.74 Å². The minimum Gasteiger partial charge on any atom is -0.439 e. The van der Waals surface area contributed by atoms with Crippen molar-refractivity contribution in [2.45, 2.75) is 19.3 Å². The molecule has 114 valence electrons. The molecule has 5 heteroatoms. The first kappa shape index (κ1) is 15.0. The maximum Gasteiger partial charge on any atom is 0.255 e. The highest BCUT2D eigenvalue weighted by Gasteiger charge is 2.18. The molecule has 0 saturated carbocycles. The fourth-order valence-corrected chi connectivity index (χ4v) is 2.88. The molecule has 0 spiro atoms. The van der Waals surface area contributed by atoms with Crippen LogP contribution in [0.1, 0.15) is 29.6 Å². The fourth-order valence-electron chi connectivity index (χ4n) is 2.50. The Labute approximate surface area is 138 Å². The van der Waals surface area contributed by atoms with Crippen LogP contribution in [0.2, 0.25) is 0 Å². The maximum absolute atomic E-state index is 12.4. The molecule has 2 heterocycles. The number of likely N-dealkylation sites (tertiary alicyclic amines) is 1. The Balaban J connectivity index is 1.68. The minimum atomic E-state index is 0.0567. The summed E-state index contributed by atoms with van der Waals surface area (Å²) in [6.45, 7) is 1.68. The monoisotopic (exact) mass is 360 g/mol. The molecule has 1 saturated heterocycles. The van der Waals surface area contributed by atoms with Crippen LogP contribution in [0.5, 0.6) is 11.6 Å². The number of hydrogen-bond donors (Lipinski definition) is 0. The van der Waals surface area contributed by atoms with E-state index in [0.717, 1.165) is 30.4 Å². The van der Waals surface area contributed by atoms with Crippen LogP contribution >= 0.6 is 15.9 Å². The molecule has 0 N–H and O–H groups in total. The Bertz CT molecular complexity index is 652. The number of piperidine rings is 1. The number of carbonyl (C=O) groups excluding carboxylic acids is 1. The van der Waals surface area contributed by atoms with Gasteiger partial charge in [-0.3, -0.25) is 4.79 Å². The number of amides is 1. The van der Waals surface area contributed by atoms with Crippen LogP contribution in [0.3, 0.4) is 0 Å². The lowest BCUT2D eigenvalue weighted by Crippen LogP contribution is -2.35. The second kappa shape index (κ2) is 6.92. The first-order valence-corrected chi connectivity index (χ1v) is 8.20. The van der Waals surface area contributed by atoms with Crippen LogP contribution in [0.25, 0.3) is 0 Å². The lowest BCUT2D eigenvalue weighted by Gasteiger charge is -2.26. The second-order valence-electron chi connectivity index (χ2n) is 5.30. The molecule has 1 aliphatic rings. The SMILES string of the molecule is O=C(c1ccc(Oc2cccc(Br)c2)nc1)N1CCCCC1. The molecule has 0 bridgehead atoms. The second-order valence-corrected chi connectivity index (χ2v) is 6.21. The van der Waals surface area contributed by atoms with Crippen molar-refractivity contribution in [1.29, 1.82) is 0 Å². The number of ether oxygens (including phenoxy) is 1. The first-order chi connectivity index (χ1) is 10.7. The summed E-state index contributed by atoms with van der Waals surface area (Å²) in [4.78, 5) is 18.5. The number of carbonyl (C=O) groups is 1. The molecule has 0 aliphatic carbocycles. The lowest BCUT2D eigenvalue weighted by molar-refractivity contribution is 0.0724. The topological polar surface area (TPSA) is 42.4 Å². The zero-order valence-electron chi connectivity index (χ0n) is 12.2. The highest BCUT2D eigenvalue weighted by molar-refractivity contribution is 9.10. The van der Waals surface area contributed by atoms with E-state index < -0.39 is 0 Å². The van der Waals surface area contributed by atoms with Crippen LogP contribution in [0.15, 0.2) is 47.1 Å². The van der Waals surface area contributed by atoms with E-state index in [0.29, 0.717) is 17.2 Å². The Morgan fingerprint density at radius 3 is 2.64 bits per heavy atom. The van der Waals surface area contributed by atoms with Gasteiger partial charge >= 0.3 is 0 Å². The molecule has 1 aromatic carbocycles. The molecular formula is C17H17BrN2O2. The number of benzene rings is 1. The zero-order valence-corrected chi connectivity index (χ0v) is 13.8. The van der Waals surface area contributed by atoms with Gasteiger partial charge in [0.2, 0.25) is 5.88 Å². The quantitative estimate of drug-likeness (QED) is 0.820. The summed E-state index contributed by atoms with van der Waals surface area (Å²) in [6, 6.07) is 11.1. The number of rotatable bonds is 3. The average Bonchev–Trinajstić information content (AvgIpc) is 2.56. The van der Waals surface area contributed by atoms with Gasteiger partial charge in [0, 0.05) is 29.8 Å². The van der Waals surface area contributed by atoms with Gasteiger partial charge in [-0.15, -0.1) is 0 Å². The molecule has 22 heavy (non-hydrogen) atoms. The predicted molar refractivity (Wildman–Crippen MR) is 88.2 cm³/mol. The van der Waals surface area contributed by atoms with Crippen molar-refractivity contribution in [3.63, 3.8) is 0 Å². The van der Waals surface area contributed by atoms with Crippen LogP contribution < -0.4 is 4.74 Å². The van der Waals surface area contributed by atoms with Crippen molar-refractivity contribution in [3.05, 3.63) is 52.6 Å². The highest BCUT2D eigenvalue weighted by atomic mass is 79.9. The van der Waals surface area contributed by atoms with Crippen LogP contribution in [0.4, 0.5) is 0 Å². The molecule has 0 unspecified atom stereocenters. The summed E-state index contributed by atoms with van der Waals surface area (Å²) in [5, 5.41) is 0. The number of aromatic nitrogens is 1. The van der Waals surface area contributed by atoms with Crippen molar-refractivity contribution >= 4 is 21.8 Å². The highest BCUT2D eigenvalue weighted by Crippen LogP contribution is 2.23. The van der Waals surface area contributed by atoms with Crippen molar-refractivity contribution in [2.24, 2.45) is 0 Å². The van der Waals surface area contributed by atoms with Gasteiger partial charge in [0.15, 0.2) is 0 Å². The Morgan fingerprint density at radius 2 is 1.95 bits per heavy atom. The van der Waals surface area contributed by atoms with Crippen molar-refractivity contribution in [1.82, 2.24) is 9.88 Å². The third kappa shape index (κ3) is 3.65. The standard InChI is InChI=1S/C17H17BrN2O2/c18-14-5-4-6-15(11-14)22-16-8-7-13(12-19-16)17(21)20-9-2-1-3-10-20/h4-8,11-12H,1-3,9-10H2. The Morgan fingerprint density at radius 1 is 1.14 bits per heavy atom. The van der Waals surface area contributed by atoms with Gasteiger partial charge in [0.1, 0.15) is 5.75 Å². The van der Waals surface area contributed by atoms with Gasteiger partial charge in [-0.1, -0.05) is 22.0 Å². The molecule has 3 rings (SSSR count). The van der Waals surface area contributed by atoms with Gasteiger partial charge in [0.25, 0.3) is 5.91 Å². The Hall–Kier alpha value is -1.88. The summed E-state index contributed by atoms with van der Waals surface area (Å²) in [7, 11) is 0. The number of pyridine rings is 1. The third-order valence-corrected chi connectivity index (χ3v) is 4.14. The van der Waals surface area contributed by atoms with Crippen molar-refractivity contribution in [3.8, 4) is 11.6 Å². The molecule has 0 atom stereocenters. The fraction of sp³-hybridized carbons (Fsp3) is 0.294. The molecule has 2 aromatic rings. The van der Waals surface area contributed by atoms with Crippen molar-refractivity contribution in [2.75, 3.05) is 13.1 Å². The van der Waals surface area contributed by atoms with Crippen LogP contribution in [-0.4, -0.2) is 28.9 Å². The van der Waals surface area contributed by atoms with E-state index in [1.165, 1.54) is 6.42 Å². The van der Waals surface area contributed by atoms with Gasteiger partial charge < -0.3 is 9.64 Å². The number of hydrogen-bond acceptors (Lipinski definition) is 3. The van der Waals surface area contributed by atoms with E-state index in [9.17, 15) is 4.79 Å². The largest absolute Gasteiger partial charge is 0.439 e. The minimum absolute atomic E-state index is 0.0567.